The molecule has 1 saturated carbocycles. The molecular weight excluding hydrogens is 166 g/mol. The molecule has 1 aliphatic carbocycles. The number of carbonyl (C=O) groups excluding carboxylic acids is 1. The average Bonchev–Trinajstić information content (AvgIpc) is 2.53. The summed E-state index contributed by atoms with van der Waals surface area (Å²) in [5, 5.41) is 0. The fourth-order valence-corrected chi connectivity index (χ4v) is 1.65. The molecule has 1 aromatic rings. The molecule has 0 unspecified atom stereocenters. The molecule has 0 spiro atoms. The molecule has 1 heterocycles. The van der Waals surface area contributed by atoms with Crippen LogP contribution in [-0.2, 0) is 0 Å². The third-order valence-corrected chi connectivity index (χ3v) is 2.66. The summed E-state index contributed by atoms with van der Waals surface area (Å²) < 4.78 is 5.00. The van der Waals surface area contributed by atoms with Crippen molar-refractivity contribution in [2.45, 2.75) is 31.2 Å². The molecule has 0 bridgehead atoms. The molecular formula is C10H13NO2. The van der Waals surface area contributed by atoms with Crippen LogP contribution in [0.15, 0.2) is 22.8 Å². The lowest BCUT2D eigenvalue weighted by atomic mass is 9.74. The van der Waals surface area contributed by atoms with Gasteiger partial charge in [0.2, 0.25) is 0 Å². The standard InChI is InChI=1S/C10H13NO2/c11-10(4-2-5-10)7-8(12)9-3-1-6-13-9/h1,3,6H,2,4-5,7,11H2. The van der Waals surface area contributed by atoms with Crippen LogP contribution < -0.4 is 5.73 Å². The second-order valence-corrected chi connectivity index (χ2v) is 3.79. The van der Waals surface area contributed by atoms with Crippen LogP contribution in [0.4, 0.5) is 0 Å². The molecule has 3 heteroatoms. The lowest BCUT2D eigenvalue weighted by Gasteiger charge is -2.37. The van der Waals surface area contributed by atoms with Crippen molar-refractivity contribution in [3.8, 4) is 0 Å². The van der Waals surface area contributed by atoms with E-state index in [2.05, 4.69) is 0 Å². The van der Waals surface area contributed by atoms with Crippen molar-refractivity contribution in [1.82, 2.24) is 0 Å². The van der Waals surface area contributed by atoms with Gasteiger partial charge >= 0.3 is 0 Å². The summed E-state index contributed by atoms with van der Waals surface area (Å²) in [6.45, 7) is 0. The number of hydrogen-bond donors (Lipinski definition) is 1. The number of hydrogen-bond acceptors (Lipinski definition) is 3. The normalized spacial score (nSPS) is 19.5. The Morgan fingerprint density at radius 2 is 2.38 bits per heavy atom. The van der Waals surface area contributed by atoms with Crippen LogP contribution in [0.1, 0.15) is 36.2 Å². The van der Waals surface area contributed by atoms with E-state index in [4.69, 9.17) is 10.2 Å². The predicted octanol–water partition coefficient (Wildman–Crippen LogP) is 1.73. The van der Waals surface area contributed by atoms with E-state index in [0.717, 1.165) is 19.3 Å². The molecule has 0 aromatic carbocycles. The topological polar surface area (TPSA) is 56.2 Å². The van der Waals surface area contributed by atoms with Gasteiger partial charge in [0.05, 0.1) is 6.26 Å². The van der Waals surface area contributed by atoms with Gasteiger partial charge in [-0.25, -0.2) is 0 Å². The zero-order valence-electron chi connectivity index (χ0n) is 7.45. The Bertz CT molecular complexity index is 299. The SMILES string of the molecule is NC1(CC(=O)c2ccco2)CCC1. The van der Waals surface area contributed by atoms with E-state index in [9.17, 15) is 4.79 Å². The summed E-state index contributed by atoms with van der Waals surface area (Å²) >= 11 is 0. The molecule has 0 amide bonds. The van der Waals surface area contributed by atoms with E-state index in [0.29, 0.717) is 12.2 Å². The lowest BCUT2D eigenvalue weighted by molar-refractivity contribution is 0.0884. The van der Waals surface area contributed by atoms with Gasteiger partial charge in [-0.05, 0) is 31.4 Å². The Kier molecular flexibility index (Phi) is 1.96. The van der Waals surface area contributed by atoms with Crippen molar-refractivity contribution >= 4 is 5.78 Å². The van der Waals surface area contributed by atoms with Gasteiger partial charge in [-0.1, -0.05) is 0 Å². The minimum Gasteiger partial charge on any atom is -0.461 e. The summed E-state index contributed by atoms with van der Waals surface area (Å²) in [4.78, 5) is 11.5. The van der Waals surface area contributed by atoms with Crippen molar-refractivity contribution < 1.29 is 9.21 Å². The first-order valence-corrected chi connectivity index (χ1v) is 4.55. The van der Waals surface area contributed by atoms with Crippen molar-refractivity contribution in [3.63, 3.8) is 0 Å². The van der Waals surface area contributed by atoms with Crippen LogP contribution in [0.5, 0.6) is 0 Å². The number of Topliss-reactive ketones (excluding diaryl/α,β-unsaturated/α-hetero) is 1. The zero-order chi connectivity index (χ0) is 9.31. The Balaban J connectivity index is 1.99. The average molecular weight is 179 g/mol. The first-order valence-electron chi connectivity index (χ1n) is 4.55. The molecule has 1 aromatic heterocycles. The highest BCUT2D eigenvalue weighted by Crippen LogP contribution is 2.33. The van der Waals surface area contributed by atoms with E-state index < -0.39 is 0 Å². The number of rotatable bonds is 3. The summed E-state index contributed by atoms with van der Waals surface area (Å²) in [7, 11) is 0. The van der Waals surface area contributed by atoms with Crippen LogP contribution in [0.3, 0.4) is 0 Å². The summed E-state index contributed by atoms with van der Waals surface area (Å²) in [5.74, 6) is 0.448. The Labute approximate surface area is 76.9 Å². The highest BCUT2D eigenvalue weighted by Gasteiger charge is 2.35. The third-order valence-electron chi connectivity index (χ3n) is 2.66. The Morgan fingerprint density at radius 1 is 1.62 bits per heavy atom. The fraction of sp³-hybridized carbons (Fsp3) is 0.500. The van der Waals surface area contributed by atoms with Crippen LogP contribution in [-0.4, -0.2) is 11.3 Å². The molecule has 1 aliphatic rings. The fourth-order valence-electron chi connectivity index (χ4n) is 1.65. The first-order chi connectivity index (χ1) is 6.20. The zero-order valence-corrected chi connectivity index (χ0v) is 7.45. The van der Waals surface area contributed by atoms with Gasteiger partial charge in [0.25, 0.3) is 0 Å². The number of nitrogens with two attached hydrogens (primary N) is 1. The lowest BCUT2D eigenvalue weighted by Crippen LogP contribution is -2.48. The highest BCUT2D eigenvalue weighted by molar-refractivity contribution is 5.94. The van der Waals surface area contributed by atoms with Gasteiger partial charge in [0, 0.05) is 12.0 Å². The minimum absolute atomic E-state index is 0.0206. The second-order valence-electron chi connectivity index (χ2n) is 3.79. The smallest absolute Gasteiger partial charge is 0.199 e. The van der Waals surface area contributed by atoms with E-state index in [1.165, 1.54) is 6.26 Å². The molecule has 1 fully saturated rings. The van der Waals surface area contributed by atoms with E-state index in [1.807, 2.05) is 0 Å². The van der Waals surface area contributed by atoms with Crippen molar-refractivity contribution in [3.05, 3.63) is 24.2 Å². The Hall–Kier alpha value is -1.09. The van der Waals surface area contributed by atoms with Crippen molar-refractivity contribution in [2.75, 3.05) is 0 Å². The molecule has 0 aliphatic heterocycles. The van der Waals surface area contributed by atoms with Gasteiger partial charge < -0.3 is 10.2 Å². The summed E-state index contributed by atoms with van der Waals surface area (Å²) in [5.41, 5.74) is 5.70. The van der Waals surface area contributed by atoms with E-state index in [1.54, 1.807) is 12.1 Å². The molecule has 0 saturated heterocycles. The van der Waals surface area contributed by atoms with Crippen LogP contribution in [0.25, 0.3) is 0 Å². The van der Waals surface area contributed by atoms with Gasteiger partial charge in [0.1, 0.15) is 0 Å². The molecule has 70 valence electrons. The number of furan rings is 1. The maximum Gasteiger partial charge on any atom is 0.199 e. The third kappa shape index (κ3) is 1.65. The number of carbonyl (C=O) groups is 1. The second kappa shape index (κ2) is 3.00. The molecule has 0 atom stereocenters. The minimum atomic E-state index is -0.246. The summed E-state index contributed by atoms with van der Waals surface area (Å²) in [6, 6.07) is 3.40. The molecule has 2 N–H and O–H groups in total. The van der Waals surface area contributed by atoms with Gasteiger partial charge in [-0.3, -0.25) is 4.79 Å². The maximum absolute atomic E-state index is 11.5. The monoisotopic (exact) mass is 179 g/mol. The van der Waals surface area contributed by atoms with Crippen LogP contribution in [0, 0.1) is 0 Å². The van der Waals surface area contributed by atoms with Gasteiger partial charge in [-0.15, -0.1) is 0 Å². The molecule has 2 rings (SSSR count). The predicted molar refractivity (Wildman–Crippen MR) is 48.4 cm³/mol. The van der Waals surface area contributed by atoms with Gasteiger partial charge in [-0.2, -0.15) is 0 Å². The van der Waals surface area contributed by atoms with E-state index >= 15 is 0 Å². The molecule has 3 nitrogen and oxygen atoms in total. The molecule has 13 heavy (non-hydrogen) atoms. The Morgan fingerprint density at radius 3 is 2.85 bits per heavy atom. The largest absolute Gasteiger partial charge is 0.461 e. The van der Waals surface area contributed by atoms with Crippen molar-refractivity contribution in [2.24, 2.45) is 5.73 Å². The van der Waals surface area contributed by atoms with Crippen LogP contribution in [0.2, 0.25) is 0 Å². The van der Waals surface area contributed by atoms with E-state index in [-0.39, 0.29) is 11.3 Å². The number of ketones is 1. The molecule has 0 radical (unpaired) electrons. The first kappa shape index (κ1) is 8.51. The maximum atomic E-state index is 11.5. The van der Waals surface area contributed by atoms with Gasteiger partial charge in [0.15, 0.2) is 11.5 Å². The summed E-state index contributed by atoms with van der Waals surface area (Å²) in [6.07, 6.45) is 4.98. The van der Waals surface area contributed by atoms with Crippen LogP contribution >= 0.6 is 0 Å². The van der Waals surface area contributed by atoms with Crippen molar-refractivity contribution in [1.29, 1.82) is 0 Å². The quantitative estimate of drug-likeness (QED) is 0.719. The highest BCUT2D eigenvalue weighted by atomic mass is 16.3.